The van der Waals surface area contributed by atoms with Crippen LogP contribution in [0.15, 0.2) is 0 Å². The summed E-state index contributed by atoms with van der Waals surface area (Å²) in [5.74, 6) is 1.77. The van der Waals surface area contributed by atoms with Crippen molar-refractivity contribution in [1.82, 2.24) is 0 Å². The van der Waals surface area contributed by atoms with Crippen LogP contribution in [0.3, 0.4) is 0 Å². The van der Waals surface area contributed by atoms with Gasteiger partial charge in [-0.3, -0.25) is 0 Å². The molecule has 0 radical (unpaired) electrons. The van der Waals surface area contributed by atoms with Gasteiger partial charge in [-0.05, 0) is 0 Å². The molecule has 0 saturated carbocycles. The standard InChI is InChI=1S/C7H18O4S3Si/c1-8-15(9-2-5-12,10-3-6-13)11-4-7-14/h12-14H,2-7H2,1H3. The van der Waals surface area contributed by atoms with Crippen LogP contribution in [-0.2, 0) is 17.7 Å². The predicted octanol–water partition coefficient (Wildman–Crippen LogP) is 0.908. The van der Waals surface area contributed by atoms with Crippen molar-refractivity contribution in [2.45, 2.75) is 0 Å². The van der Waals surface area contributed by atoms with E-state index in [0.717, 1.165) is 0 Å². The van der Waals surface area contributed by atoms with Crippen molar-refractivity contribution in [3.63, 3.8) is 0 Å². The van der Waals surface area contributed by atoms with Crippen molar-refractivity contribution in [3.05, 3.63) is 0 Å². The Balaban J connectivity index is 4.16. The molecule has 0 aliphatic rings. The first-order chi connectivity index (χ1) is 7.24. The molecule has 0 atom stereocenters. The Kier molecular flexibility index (Phi) is 11.0. The molecule has 0 amide bonds. The Morgan fingerprint density at radius 1 is 0.800 bits per heavy atom. The van der Waals surface area contributed by atoms with Crippen molar-refractivity contribution in [3.8, 4) is 0 Å². The van der Waals surface area contributed by atoms with Crippen LogP contribution in [0.4, 0.5) is 0 Å². The van der Waals surface area contributed by atoms with E-state index in [-0.39, 0.29) is 0 Å². The average molecular weight is 291 g/mol. The SMILES string of the molecule is CO[Si](OCCS)(OCCS)OCCS. The highest BCUT2D eigenvalue weighted by Crippen LogP contribution is 2.11. The molecule has 92 valence electrons. The van der Waals surface area contributed by atoms with E-state index in [9.17, 15) is 0 Å². The van der Waals surface area contributed by atoms with Gasteiger partial charge in [0.15, 0.2) is 0 Å². The third kappa shape index (κ3) is 7.11. The number of hydrogen-bond acceptors (Lipinski definition) is 7. The summed E-state index contributed by atoms with van der Waals surface area (Å²) >= 11 is 12.2. The molecule has 0 aliphatic heterocycles. The monoisotopic (exact) mass is 290 g/mol. The Morgan fingerprint density at radius 2 is 1.13 bits per heavy atom. The zero-order chi connectivity index (χ0) is 11.6. The Hall–Kier alpha value is 1.11. The molecule has 0 rings (SSSR count). The van der Waals surface area contributed by atoms with Gasteiger partial charge < -0.3 is 17.7 Å². The highest BCUT2D eigenvalue weighted by atomic mass is 32.1. The summed E-state index contributed by atoms with van der Waals surface area (Å²) in [6.45, 7) is 1.30. The smallest absolute Gasteiger partial charge is 0.355 e. The number of rotatable bonds is 10. The van der Waals surface area contributed by atoms with E-state index in [1.165, 1.54) is 7.11 Å². The summed E-state index contributed by atoms with van der Waals surface area (Å²) in [4.78, 5) is 0. The molecule has 0 heterocycles. The second-order valence-corrected chi connectivity index (χ2v) is 6.04. The average Bonchev–Trinajstić information content (AvgIpc) is 2.29. The largest absolute Gasteiger partial charge is 0.679 e. The lowest BCUT2D eigenvalue weighted by atomic mass is 10.9. The Labute approximate surface area is 109 Å². The lowest BCUT2D eigenvalue weighted by molar-refractivity contribution is -0.0122. The molecule has 4 nitrogen and oxygen atoms in total. The van der Waals surface area contributed by atoms with Crippen LogP contribution in [0, 0.1) is 0 Å². The quantitative estimate of drug-likeness (QED) is 0.413. The minimum absolute atomic E-state index is 0.433. The summed E-state index contributed by atoms with van der Waals surface area (Å²) in [6, 6.07) is 0. The van der Waals surface area contributed by atoms with Gasteiger partial charge in [-0.1, -0.05) is 0 Å². The van der Waals surface area contributed by atoms with Crippen molar-refractivity contribution in [1.29, 1.82) is 0 Å². The molecular weight excluding hydrogens is 272 g/mol. The molecule has 0 aromatic carbocycles. The fourth-order valence-electron chi connectivity index (χ4n) is 0.814. The van der Waals surface area contributed by atoms with E-state index in [1.54, 1.807) is 0 Å². The normalized spacial score (nSPS) is 12.0. The van der Waals surface area contributed by atoms with E-state index in [2.05, 4.69) is 37.9 Å². The molecule has 0 saturated heterocycles. The summed E-state index contributed by atoms with van der Waals surface area (Å²) in [5.41, 5.74) is 0. The fourth-order valence-corrected chi connectivity index (χ4v) is 3.26. The predicted molar refractivity (Wildman–Crippen MR) is 72.2 cm³/mol. The van der Waals surface area contributed by atoms with Crippen molar-refractivity contribution in [2.75, 3.05) is 44.2 Å². The molecule has 0 fully saturated rings. The van der Waals surface area contributed by atoms with Gasteiger partial charge in [-0.25, -0.2) is 0 Å². The van der Waals surface area contributed by atoms with Gasteiger partial charge in [-0.2, -0.15) is 37.9 Å². The van der Waals surface area contributed by atoms with E-state index in [0.29, 0.717) is 37.1 Å². The van der Waals surface area contributed by atoms with Gasteiger partial charge >= 0.3 is 9.05 Å². The van der Waals surface area contributed by atoms with Gasteiger partial charge in [0.1, 0.15) is 0 Å². The first-order valence-electron chi connectivity index (χ1n) is 4.54. The molecule has 0 aromatic rings. The van der Waals surface area contributed by atoms with Crippen LogP contribution in [0.2, 0.25) is 0 Å². The van der Waals surface area contributed by atoms with Crippen LogP contribution in [0.1, 0.15) is 0 Å². The summed E-state index contributed by atoms with van der Waals surface area (Å²) in [5, 5.41) is 0. The first kappa shape index (κ1) is 16.1. The van der Waals surface area contributed by atoms with Gasteiger partial charge in [0.05, 0.1) is 0 Å². The molecule has 8 heteroatoms. The van der Waals surface area contributed by atoms with E-state index in [1.807, 2.05) is 0 Å². The third-order valence-electron chi connectivity index (χ3n) is 1.36. The maximum absolute atomic E-state index is 5.46. The lowest BCUT2D eigenvalue weighted by Gasteiger charge is -2.25. The van der Waals surface area contributed by atoms with Crippen LogP contribution < -0.4 is 0 Å². The highest BCUT2D eigenvalue weighted by molar-refractivity contribution is 7.80. The number of hydrogen-bond donors (Lipinski definition) is 3. The molecular formula is C7H18O4S3Si. The molecule has 0 aromatic heterocycles. The molecule has 0 unspecified atom stereocenters. The molecule has 0 N–H and O–H groups in total. The zero-order valence-corrected chi connectivity index (χ0v) is 12.4. The first-order valence-corrected chi connectivity index (χ1v) is 8.07. The zero-order valence-electron chi connectivity index (χ0n) is 8.72. The topological polar surface area (TPSA) is 36.9 Å². The molecule has 0 spiro atoms. The second-order valence-electron chi connectivity index (χ2n) is 2.42. The van der Waals surface area contributed by atoms with Gasteiger partial charge in [0.2, 0.25) is 0 Å². The van der Waals surface area contributed by atoms with Crippen LogP contribution in [-0.4, -0.2) is 53.2 Å². The second kappa shape index (κ2) is 10.3. The maximum Gasteiger partial charge on any atom is 0.679 e. The highest BCUT2D eigenvalue weighted by Gasteiger charge is 2.44. The Bertz CT molecular complexity index is 130. The van der Waals surface area contributed by atoms with Gasteiger partial charge in [-0.15, -0.1) is 0 Å². The molecule has 0 aliphatic carbocycles. The van der Waals surface area contributed by atoms with E-state index >= 15 is 0 Å². The third-order valence-corrected chi connectivity index (χ3v) is 4.08. The summed E-state index contributed by atoms with van der Waals surface area (Å²) < 4.78 is 21.6. The number of thiol groups is 3. The fraction of sp³-hybridized carbons (Fsp3) is 1.00. The van der Waals surface area contributed by atoms with Crippen molar-refractivity contribution >= 4 is 46.9 Å². The minimum Gasteiger partial charge on any atom is -0.355 e. The van der Waals surface area contributed by atoms with Crippen LogP contribution in [0.5, 0.6) is 0 Å². The van der Waals surface area contributed by atoms with Crippen molar-refractivity contribution in [2.24, 2.45) is 0 Å². The maximum atomic E-state index is 5.46. The Morgan fingerprint density at radius 3 is 1.33 bits per heavy atom. The summed E-state index contributed by atoms with van der Waals surface area (Å²) in [6.07, 6.45) is 0. The van der Waals surface area contributed by atoms with Crippen molar-refractivity contribution < 1.29 is 17.7 Å². The molecule has 0 bridgehead atoms. The van der Waals surface area contributed by atoms with E-state index < -0.39 is 9.05 Å². The molecule has 15 heavy (non-hydrogen) atoms. The lowest BCUT2D eigenvalue weighted by Crippen LogP contribution is -2.49. The van der Waals surface area contributed by atoms with E-state index in [4.69, 9.17) is 17.7 Å². The van der Waals surface area contributed by atoms with Gasteiger partial charge in [0, 0.05) is 44.2 Å². The van der Waals surface area contributed by atoms with Crippen LogP contribution >= 0.6 is 37.9 Å². The summed E-state index contributed by atoms with van der Waals surface area (Å²) in [7, 11) is -1.46. The van der Waals surface area contributed by atoms with Crippen LogP contribution in [0.25, 0.3) is 0 Å². The van der Waals surface area contributed by atoms with Gasteiger partial charge in [0.25, 0.3) is 0 Å². The minimum atomic E-state index is -2.98.